The lowest BCUT2D eigenvalue weighted by molar-refractivity contribution is -0.0633. The van der Waals surface area contributed by atoms with Crippen molar-refractivity contribution in [1.29, 1.82) is 0 Å². The Bertz CT molecular complexity index is 329. The number of benzene rings is 1. The molecular formula is C14H20O2. The number of hydrogen-bond acceptors (Lipinski definition) is 2. The quantitative estimate of drug-likeness (QED) is 0.848. The highest BCUT2D eigenvalue weighted by atomic mass is 16.5. The van der Waals surface area contributed by atoms with Crippen molar-refractivity contribution in [1.82, 2.24) is 0 Å². The molecule has 0 aliphatic carbocycles. The van der Waals surface area contributed by atoms with E-state index < -0.39 is 6.10 Å². The van der Waals surface area contributed by atoms with Gasteiger partial charge in [0.1, 0.15) is 6.10 Å². The Balaban J connectivity index is 2.09. The van der Waals surface area contributed by atoms with Crippen LogP contribution in [0.2, 0.25) is 0 Å². The van der Waals surface area contributed by atoms with Crippen molar-refractivity contribution in [3.63, 3.8) is 0 Å². The van der Waals surface area contributed by atoms with E-state index in [0.29, 0.717) is 0 Å². The molecule has 0 radical (unpaired) electrons. The largest absolute Gasteiger partial charge is 0.386 e. The van der Waals surface area contributed by atoms with Gasteiger partial charge in [0.05, 0.1) is 6.10 Å². The molecule has 0 bridgehead atoms. The van der Waals surface area contributed by atoms with Gasteiger partial charge in [-0.15, -0.1) is 0 Å². The van der Waals surface area contributed by atoms with Crippen LogP contribution < -0.4 is 0 Å². The summed E-state index contributed by atoms with van der Waals surface area (Å²) in [5, 5.41) is 10.2. The van der Waals surface area contributed by atoms with Gasteiger partial charge in [0.15, 0.2) is 0 Å². The van der Waals surface area contributed by atoms with E-state index in [9.17, 15) is 5.11 Å². The summed E-state index contributed by atoms with van der Waals surface area (Å²) in [5.41, 5.74) is 2.26. The summed E-state index contributed by atoms with van der Waals surface area (Å²) in [5.74, 6) is 0. The van der Waals surface area contributed by atoms with E-state index >= 15 is 0 Å². The second-order valence-corrected chi connectivity index (χ2v) is 4.45. The lowest BCUT2D eigenvalue weighted by Gasteiger charge is -2.27. The Kier molecular flexibility index (Phi) is 3.97. The second-order valence-electron chi connectivity index (χ2n) is 4.45. The Hall–Kier alpha value is -0.860. The van der Waals surface area contributed by atoms with E-state index in [2.05, 4.69) is 19.1 Å². The van der Waals surface area contributed by atoms with E-state index in [1.54, 1.807) is 0 Å². The number of aliphatic hydroxyl groups is 1. The first-order chi connectivity index (χ1) is 7.81. The molecule has 1 heterocycles. The molecule has 2 rings (SSSR count). The first-order valence-electron chi connectivity index (χ1n) is 6.19. The molecule has 16 heavy (non-hydrogen) atoms. The molecule has 1 aromatic rings. The maximum absolute atomic E-state index is 10.2. The van der Waals surface area contributed by atoms with Gasteiger partial charge in [-0.05, 0) is 36.8 Å². The highest BCUT2D eigenvalue weighted by molar-refractivity contribution is 5.25. The Morgan fingerprint density at radius 2 is 2.31 bits per heavy atom. The highest BCUT2D eigenvalue weighted by Crippen LogP contribution is 2.26. The number of aryl methyl sites for hydroxylation is 1. The summed E-state index contributed by atoms with van der Waals surface area (Å²) in [6.07, 6.45) is 3.78. The molecule has 2 atom stereocenters. The van der Waals surface area contributed by atoms with Gasteiger partial charge in [0.2, 0.25) is 0 Å². The van der Waals surface area contributed by atoms with Crippen LogP contribution in [0.15, 0.2) is 24.3 Å². The van der Waals surface area contributed by atoms with Gasteiger partial charge in [-0.3, -0.25) is 0 Å². The van der Waals surface area contributed by atoms with Gasteiger partial charge in [-0.1, -0.05) is 31.2 Å². The Morgan fingerprint density at radius 1 is 1.44 bits per heavy atom. The van der Waals surface area contributed by atoms with Gasteiger partial charge in [0, 0.05) is 6.61 Å². The maximum atomic E-state index is 10.2. The lowest BCUT2D eigenvalue weighted by Crippen LogP contribution is -2.26. The van der Waals surface area contributed by atoms with Crippen LogP contribution in [-0.2, 0) is 11.2 Å². The van der Waals surface area contributed by atoms with Crippen molar-refractivity contribution < 1.29 is 9.84 Å². The minimum Gasteiger partial charge on any atom is -0.386 e. The van der Waals surface area contributed by atoms with Gasteiger partial charge in [-0.25, -0.2) is 0 Å². The molecule has 0 saturated carbocycles. The van der Waals surface area contributed by atoms with E-state index in [0.717, 1.165) is 37.9 Å². The zero-order valence-electron chi connectivity index (χ0n) is 9.86. The summed E-state index contributed by atoms with van der Waals surface area (Å²) in [6, 6.07) is 8.18. The van der Waals surface area contributed by atoms with Crippen molar-refractivity contribution in [2.24, 2.45) is 0 Å². The number of rotatable bonds is 3. The van der Waals surface area contributed by atoms with Crippen LogP contribution >= 0.6 is 0 Å². The van der Waals surface area contributed by atoms with E-state index in [1.807, 2.05) is 12.1 Å². The minimum absolute atomic E-state index is 0.0131. The summed E-state index contributed by atoms with van der Waals surface area (Å²) in [7, 11) is 0. The standard InChI is InChI=1S/C14H20O2/c1-2-11-6-5-7-12(10-11)14(15)13-8-3-4-9-16-13/h5-7,10,13-15H,2-4,8-9H2,1H3. The minimum atomic E-state index is -0.466. The first-order valence-corrected chi connectivity index (χ1v) is 6.19. The van der Waals surface area contributed by atoms with Gasteiger partial charge < -0.3 is 9.84 Å². The topological polar surface area (TPSA) is 29.5 Å². The predicted molar refractivity (Wildman–Crippen MR) is 64.4 cm³/mol. The van der Waals surface area contributed by atoms with Crippen LogP contribution in [0.3, 0.4) is 0 Å². The molecule has 0 amide bonds. The predicted octanol–water partition coefficient (Wildman–Crippen LogP) is 2.85. The number of hydrogen-bond donors (Lipinski definition) is 1. The molecule has 2 heteroatoms. The normalized spacial score (nSPS) is 23.0. The smallest absolute Gasteiger partial charge is 0.105 e. The van der Waals surface area contributed by atoms with Crippen LogP contribution in [0.1, 0.15) is 43.4 Å². The summed E-state index contributed by atoms with van der Waals surface area (Å²) >= 11 is 0. The van der Waals surface area contributed by atoms with Crippen LogP contribution in [0.25, 0.3) is 0 Å². The number of ether oxygens (including phenoxy) is 1. The molecule has 1 fully saturated rings. The van der Waals surface area contributed by atoms with Crippen LogP contribution in [-0.4, -0.2) is 17.8 Å². The number of aliphatic hydroxyl groups excluding tert-OH is 1. The molecule has 1 aliphatic rings. The molecule has 2 unspecified atom stereocenters. The van der Waals surface area contributed by atoms with Crippen LogP contribution in [0, 0.1) is 0 Å². The third kappa shape index (κ3) is 2.63. The van der Waals surface area contributed by atoms with Crippen molar-refractivity contribution in [3.8, 4) is 0 Å². The second kappa shape index (κ2) is 5.46. The Morgan fingerprint density at radius 3 is 3.00 bits per heavy atom. The van der Waals surface area contributed by atoms with E-state index in [1.165, 1.54) is 5.56 Å². The van der Waals surface area contributed by atoms with Gasteiger partial charge >= 0.3 is 0 Å². The molecule has 88 valence electrons. The van der Waals surface area contributed by atoms with Crippen LogP contribution in [0.4, 0.5) is 0 Å². The summed E-state index contributed by atoms with van der Waals surface area (Å²) in [4.78, 5) is 0. The molecule has 0 aromatic heterocycles. The molecule has 1 aliphatic heterocycles. The monoisotopic (exact) mass is 220 g/mol. The SMILES string of the molecule is CCc1cccc(C(O)C2CCCCO2)c1. The third-order valence-electron chi connectivity index (χ3n) is 3.27. The fraction of sp³-hybridized carbons (Fsp3) is 0.571. The maximum Gasteiger partial charge on any atom is 0.105 e. The third-order valence-corrected chi connectivity index (χ3v) is 3.27. The van der Waals surface area contributed by atoms with E-state index in [-0.39, 0.29) is 6.10 Å². The zero-order chi connectivity index (χ0) is 11.4. The highest BCUT2D eigenvalue weighted by Gasteiger charge is 2.23. The molecule has 1 aromatic carbocycles. The van der Waals surface area contributed by atoms with Crippen LogP contribution in [0.5, 0.6) is 0 Å². The van der Waals surface area contributed by atoms with Crippen molar-refractivity contribution in [2.75, 3.05) is 6.61 Å². The fourth-order valence-electron chi connectivity index (χ4n) is 2.23. The fourth-order valence-corrected chi connectivity index (χ4v) is 2.23. The average Bonchev–Trinajstić information content (AvgIpc) is 2.39. The molecule has 1 N–H and O–H groups in total. The van der Waals surface area contributed by atoms with Crippen molar-refractivity contribution >= 4 is 0 Å². The lowest BCUT2D eigenvalue weighted by atomic mass is 9.96. The summed E-state index contributed by atoms with van der Waals surface area (Å²) < 4.78 is 5.62. The van der Waals surface area contributed by atoms with E-state index in [4.69, 9.17) is 4.74 Å². The summed E-state index contributed by atoms with van der Waals surface area (Å²) in [6.45, 7) is 2.91. The Labute approximate surface area is 97.3 Å². The van der Waals surface area contributed by atoms with Crippen molar-refractivity contribution in [2.45, 2.75) is 44.8 Å². The molecule has 2 nitrogen and oxygen atoms in total. The van der Waals surface area contributed by atoms with Gasteiger partial charge in [0.25, 0.3) is 0 Å². The zero-order valence-corrected chi connectivity index (χ0v) is 9.86. The van der Waals surface area contributed by atoms with Gasteiger partial charge in [-0.2, -0.15) is 0 Å². The molecule has 0 spiro atoms. The average molecular weight is 220 g/mol. The molecular weight excluding hydrogens is 200 g/mol. The molecule has 1 saturated heterocycles. The van der Waals surface area contributed by atoms with Crippen molar-refractivity contribution in [3.05, 3.63) is 35.4 Å². The first kappa shape index (κ1) is 11.6.